The maximum atomic E-state index is 6.29. The molecule has 2 N–H and O–H groups in total. The van der Waals surface area contributed by atoms with Crippen molar-refractivity contribution in [2.75, 3.05) is 14.2 Å². The van der Waals surface area contributed by atoms with Gasteiger partial charge in [0.1, 0.15) is 11.5 Å². The molecule has 0 radical (unpaired) electrons. The molecule has 1 aromatic heterocycles. The first kappa shape index (κ1) is 12.9. The number of rotatable bonds is 4. The Bertz CT molecular complexity index is 517. The molecular formula is C13H16N2O2S. The Labute approximate surface area is 110 Å². The van der Waals surface area contributed by atoms with Gasteiger partial charge in [0.2, 0.25) is 0 Å². The van der Waals surface area contributed by atoms with E-state index in [0.29, 0.717) is 0 Å². The highest BCUT2D eigenvalue weighted by atomic mass is 32.1. The molecule has 2 rings (SSSR count). The molecule has 0 saturated carbocycles. The van der Waals surface area contributed by atoms with Gasteiger partial charge in [0.05, 0.1) is 30.8 Å². The van der Waals surface area contributed by atoms with E-state index in [4.69, 9.17) is 15.2 Å². The summed E-state index contributed by atoms with van der Waals surface area (Å²) in [5.41, 5.74) is 7.15. The number of aryl methyl sites for hydroxylation is 1. The molecule has 0 amide bonds. The Hall–Kier alpha value is -1.59. The average molecular weight is 264 g/mol. The van der Waals surface area contributed by atoms with Crippen LogP contribution in [0, 0.1) is 6.92 Å². The van der Waals surface area contributed by atoms with Crippen molar-refractivity contribution in [3.63, 3.8) is 0 Å². The van der Waals surface area contributed by atoms with Crippen LogP contribution in [-0.2, 0) is 0 Å². The first-order valence-corrected chi connectivity index (χ1v) is 6.37. The van der Waals surface area contributed by atoms with E-state index in [1.807, 2.05) is 25.1 Å². The fourth-order valence-electron chi connectivity index (χ4n) is 1.85. The quantitative estimate of drug-likeness (QED) is 0.922. The largest absolute Gasteiger partial charge is 0.496 e. The summed E-state index contributed by atoms with van der Waals surface area (Å²) in [5, 5.41) is 0.995. The SMILES string of the molecule is COc1cccc(OC)c1C(N)c1cnc(C)s1. The number of thiazole rings is 1. The lowest BCUT2D eigenvalue weighted by molar-refractivity contribution is 0.382. The first-order valence-electron chi connectivity index (χ1n) is 5.56. The van der Waals surface area contributed by atoms with E-state index >= 15 is 0 Å². The predicted molar refractivity (Wildman–Crippen MR) is 72.4 cm³/mol. The van der Waals surface area contributed by atoms with Crippen LogP contribution < -0.4 is 15.2 Å². The summed E-state index contributed by atoms with van der Waals surface area (Å²) in [4.78, 5) is 5.23. The molecule has 0 aliphatic carbocycles. The molecule has 0 saturated heterocycles. The van der Waals surface area contributed by atoms with Crippen LogP contribution in [0.3, 0.4) is 0 Å². The summed E-state index contributed by atoms with van der Waals surface area (Å²) in [6.07, 6.45) is 1.80. The molecule has 1 atom stereocenters. The maximum absolute atomic E-state index is 6.29. The Balaban J connectivity index is 2.48. The molecule has 96 valence electrons. The van der Waals surface area contributed by atoms with Gasteiger partial charge in [-0.05, 0) is 19.1 Å². The number of methoxy groups -OCH3 is 2. The molecule has 5 heteroatoms. The highest BCUT2D eigenvalue weighted by Gasteiger charge is 2.20. The average Bonchev–Trinajstić information content (AvgIpc) is 2.83. The zero-order valence-corrected chi connectivity index (χ0v) is 11.5. The Kier molecular flexibility index (Phi) is 3.84. The summed E-state index contributed by atoms with van der Waals surface area (Å²) in [6.45, 7) is 1.96. The summed E-state index contributed by atoms with van der Waals surface area (Å²) in [5.74, 6) is 1.46. The zero-order chi connectivity index (χ0) is 13.1. The maximum Gasteiger partial charge on any atom is 0.127 e. The minimum absolute atomic E-state index is 0.290. The van der Waals surface area contributed by atoms with Crippen molar-refractivity contribution in [2.24, 2.45) is 5.73 Å². The van der Waals surface area contributed by atoms with Gasteiger partial charge in [-0.3, -0.25) is 0 Å². The van der Waals surface area contributed by atoms with Gasteiger partial charge in [0.15, 0.2) is 0 Å². The molecule has 1 unspecified atom stereocenters. The molecular weight excluding hydrogens is 248 g/mol. The molecule has 4 nitrogen and oxygen atoms in total. The number of hydrogen-bond acceptors (Lipinski definition) is 5. The molecule has 2 aromatic rings. The van der Waals surface area contributed by atoms with E-state index in [9.17, 15) is 0 Å². The molecule has 1 heterocycles. The second-order valence-electron chi connectivity index (χ2n) is 3.84. The number of benzene rings is 1. The summed E-state index contributed by atoms with van der Waals surface area (Å²) in [7, 11) is 3.26. The minimum atomic E-state index is -0.290. The lowest BCUT2D eigenvalue weighted by Gasteiger charge is -2.17. The molecule has 1 aromatic carbocycles. The van der Waals surface area contributed by atoms with Crippen LogP contribution in [0.5, 0.6) is 11.5 Å². The number of nitrogens with zero attached hydrogens (tertiary/aromatic N) is 1. The normalized spacial score (nSPS) is 12.2. The van der Waals surface area contributed by atoms with Gasteiger partial charge in [-0.1, -0.05) is 6.07 Å². The van der Waals surface area contributed by atoms with Crippen molar-refractivity contribution in [1.82, 2.24) is 4.98 Å². The van der Waals surface area contributed by atoms with Gasteiger partial charge in [0, 0.05) is 11.1 Å². The third-order valence-corrected chi connectivity index (χ3v) is 3.72. The third-order valence-electron chi connectivity index (χ3n) is 2.72. The molecule has 0 bridgehead atoms. The van der Waals surface area contributed by atoms with Crippen LogP contribution >= 0.6 is 11.3 Å². The Morgan fingerprint density at radius 1 is 1.22 bits per heavy atom. The number of nitrogens with two attached hydrogens (primary N) is 1. The van der Waals surface area contributed by atoms with Gasteiger partial charge in [-0.2, -0.15) is 0 Å². The zero-order valence-electron chi connectivity index (χ0n) is 10.6. The second kappa shape index (κ2) is 5.37. The van der Waals surface area contributed by atoms with Gasteiger partial charge in [-0.15, -0.1) is 11.3 Å². The van der Waals surface area contributed by atoms with E-state index in [1.165, 1.54) is 0 Å². The summed E-state index contributed by atoms with van der Waals surface area (Å²) in [6, 6.07) is 5.35. The summed E-state index contributed by atoms with van der Waals surface area (Å²) >= 11 is 1.58. The Morgan fingerprint density at radius 3 is 2.28 bits per heavy atom. The van der Waals surface area contributed by atoms with Crippen molar-refractivity contribution in [2.45, 2.75) is 13.0 Å². The van der Waals surface area contributed by atoms with E-state index < -0.39 is 0 Å². The first-order chi connectivity index (χ1) is 8.67. The van der Waals surface area contributed by atoms with Crippen molar-refractivity contribution in [3.8, 4) is 11.5 Å². The monoisotopic (exact) mass is 264 g/mol. The van der Waals surface area contributed by atoms with Gasteiger partial charge in [0.25, 0.3) is 0 Å². The van der Waals surface area contributed by atoms with Crippen LogP contribution in [0.15, 0.2) is 24.4 Å². The van der Waals surface area contributed by atoms with Gasteiger partial charge < -0.3 is 15.2 Å². The van der Waals surface area contributed by atoms with Crippen LogP contribution in [0.4, 0.5) is 0 Å². The molecule has 0 aliphatic heterocycles. The number of hydrogen-bond donors (Lipinski definition) is 1. The van der Waals surface area contributed by atoms with Crippen molar-refractivity contribution in [1.29, 1.82) is 0 Å². The third kappa shape index (κ3) is 2.32. The highest BCUT2D eigenvalue weighted by Crippen LogP contribution is 2.37. The van der Waals surface area contributed by atoms with Crippen LogP contribution in [0.25, 0.3) is 0 Å². The van der Waals surface area contributed by atoms with Crippen LogP contribution in [0.1, 0.15) is 21.5 Å². The fraction of sp³-hybridized carbons (Fsp3) is 0.308. The molecule has 18 heavy (non-hydrogen) atoms. The summed E-state index contributed by atoms with van der Waals surface area (Å²) < 4.78 is 10.7. The highest BCUT2D eigenvalue weighted by molar-refractivity contribution is 7.11. The Morgan fingerprint density at radius 2 is 1.83 bits per heavy atom. The van der Waals surface area contributed by atoms with E-state index in [-0.39, 0.29) is 6.04 Å². The smallest absolute Gasteiger partial charge is 0.127 e. The lowest BCUT2D eigenvalue weighted by Crippen LogP contribution is -2.13. The van der Waals surface area contributed by atoms with Crippen molar-refractivity contribution >= 4 is 11.3 Å². The molecule has 0 aliphatic rings. The van der Waals surface area contributed by atoms with E-state index in [0.717, 1.165) is 26.9 Å². The molecule has 0 spiro atoms. The van der Waals surface area contributed by atoms with Gasteiger partial charge in [-0.25, -0.2) is 4.98 Å². The minimum Gasteiger partial charge on any atom is -0.496 e. The van der Waals surface area contributed by atoms with E-state index in [2.05, 4.69) is 4.98 Å². The van der Waals surface area contributed by atoms with Gasteiger partial charge >= 0.3 is 0 Å². The second-order valence-corrected chi connectivity index (χ2v) is 5.10. The van der Waals surface area contributed by atoms with Crippen LogP contribution in [0.2, 0.25) is 0 Å². The predicted octanol–water partition coefficient (Wildman–Crippen LogP) is 2.52. The lowest BCUT2D eigenvalue weighted by atomic mass is 10.0. The number of aromatic nitrogens is 1. The van der Waals surface area contributed by atoms with E-state index in [1.54, 1.807) is 31.8 Å². The van der Waals surface area contributed by atoms with Crippen LogP contribution in [-0.4, -0.2) is 19.2 Å². The van der Waals surface area contributed by atoms with Crippen molar-refractivity contribution < 1.29 is 9.47 Å². The fourth-order valence-corrected chi connectivity index (χ4v) is 2.65. The standard InChI is InChI=1S/C13H16N2O2S/c1-8-15-7-11(18-8)13(14)12-9(16-2)5-4-6-10(12)17-3/h4-7,13H,14H2,1-3H3. The molecule has 0 fully saturated rings. The number of ether oxygens (including phenoxy) is 2. The van der Waals surface area contributed by atoms with Crippen molar-refractivity contribution in [3.05, 3.63) is 39.8 Å². The topological polar surface area (TPSA) is 57.4 Å².